The van der Waals surface area contributed by atoms with Crippen molar-refractivity contribution < 1.29 is 9.53 Å². The topological polar surface area (TPSA) is 32.7 Å². The number of benzene rings is 3. The van der Waals surface area contributed by atoms with Gasteiger partial charge in [-0.05, 0) is 57.5 Å². The largest absolute Gasteiger partial charge is 0.407 e. The molecule has 7 heteroatoms. The SMILES string of the molecule is CC(C)(C)[Si](OCCc1ccc(N2CC(O)c3cc(Cl)sc3S2)cc1)(c1ccccc1)c1ccccc1. The van der Waals surface area contributed by atoms with Crippen molar-refractivity contribution >= 4 is 59.3 Å². The summed E-state index contributed by atoms with van der Waals surface area (Å²) in [6.07, 6.45) is 0.310. The van der Waals surface area contributed by atoms with Gasteiger partial charge in [-0.25, -0.2) is 0 Å². The molecule has 5 rings (SSSR count). The first-order valence-corrected chi connectivity index (χ1v) is 16.4. The predicted octanol–water partition coefficient (Wildman–Crippen LogP) is 7.08. The molecule has 0 radical (unpaired) electrons. The zero-order valence-electron chi connectivity index (χ0n) is 21.4. The van der Waals surface area contributed by atoms with Crippen LogP contribution in [0.4, 0.5) is 5.69 Å². The Morgan fingerprint density at radius 3 is 2.11 bits per heavy atom. The van der Waals surface area contributed by atoms with Crippen molar-refractivity contribution in [2.75, 3.05) is 17.5 Å². The van der Waals surface area contributed by atoms with E-state index in [4.69, 9.17) is 16.0 Å². The highest BCUT2D eigenvalue weighted by molar-refractivity contribution is 8.02. The molecule has 0 spiro atoms. The normalized spacial score (nSPS) is 16.0. The van der Waals surface area contributed by atoms with Crippen LogP contribution in [0.1, 0.15) is 38.0 Å². The molecule has 1 aliphatic heterocycles. The van der Waals surface area contributed by atoms with Crippen molar-refractivity contribution in [3.63, 3.8) is 0 Å². The van der Waals surface area contributed by atoms with Crippen LogP contribution in [-0.4, -0.2) is 26.6 Å². The minimum Gasteiger partial charge on any atom is -0.407 e. The van der Waals surface area contributed by atoms with Crippen LogP contribution in [0.2, 0.25) is 9.37 Å². The van der Waals surface area contributed by atoms with Crippen molar-refractivity contribution in [2.45, 2.75) is 42.5 Å². The van der Waals surface area contributed by atoms with Crippen LogP contribution in [0.25, 0.3) is 0 Å². The fourth-order valence-electron chi connectivity index (χ4n) is 5.13. The van der Waals surface area contributed by atoms with Gasteiger partial charge < -0.3 is 13.8 Å². The number of aliphatic hydroxyl groups is 1. The molecular formula is C30H32ClNO2S2Si. The van der Waals surface area contributed by atoms with Crippen molar-refractivity contribution in [3.05, 3.63) is 106 Å². The summed E-state index contributed by atoms with van der Waals surface area (Å²) in [4.78, 5) is 0. The summed E-state index contributed by atoms with van der Waals surface area (Å²) in [7, 11) is -2.53. The van der Waals surface area contributed by atoms with Gasteiger partial charge in [-0.15, -0.1) is 11.3 Å². The molecule has 1 aliphatic rings. The summed E-state index contributed by atoms with van der Waals surface area (Å²) in [5, 5.41) is 13.2. The molecule has 1 atom stereocenters. The zero-order valence-corrected chi connectivity index (χ0v) is 24.7. The number of fused-ring (bicyclic) bond motifs is 1. The summed E-state index contributed by atoms with van der Waals surface area (Å²) in [6.45, 7) is 8.13. The number of hydrogen-bond acceptors (Lipinski definition) is 5. The number of rotatable bonds is 7. The molecule has 0 bridgehead atoms. The van der Waals surface area contributed by atoms with Gasteiger partial charge in [0.05, 0.1) is 21.2 Å². The quantitative estimate of drug-likeness (QED) is 0.192. The number of anilines is 1. The fourth-order valence-corrected chi connectivity index (χ4v) is 12.5. The standard InChI is InChI=1S/C30H32ClNO2S2Si/c1-30(2,3)37(24-10-6-4-7-11-24,25-12-8-5-9-13-25)34-19-18-22-14-16-23(17-15-22)32-21-27(33)26-20-28(31)35-29(26)36-32/h4-17,20,27,33H,18-19,21H2,1-3H3. The average molecular weight is 566 g/mol. The summed E-state index contributed by atoms with van der Waals surface area (Å²) in [5.41, 5.74) is 3.26. The smallest absolute Gasteiger partial charge is 0.261 e. The molecule has 0 saturated carbocycles. The monoisotopic (exact) mass is 565 g/mol. The molecule has 192 valence electrons. The highest BCUT2D eigenvalue weighted by atomic mass is 35.5. The lowest BCUT2D eigenvalue weighted by molar-refractivity contribution is 0.184. The van der Waals surface area contributed by atoms with Gasteiger partial charge in [0, 0.05) is 17.9 Å². The van der Waals surface area contributed by atoms with E-state index in [-0.39, 0.29) is 5.04 Å². The molecule has 4 aromatic rings. The first kappa shape index (κ1) is 26.5. The first-order chi connectivity index (χ1) is 17.8. The minimum absolute atomic E-state index is 0.0323. The van der Waals surface area contributed by atoms with Crippen LogP contribution in [0, 0.1) is 0 Å². The number of hydrogen-bond donors (Lipinski definition) is 1. The van der Waals surface area contributed by atoms with Crippen molar-refractivity contribution in [3.8, 4) is 0 Å². The van der Waals surface area contributed by atoms with E-state index in [9.17, 15) is 5.11 Å². The van der Waals surface area contributed by atoms with Crippen molar-refractivity contribution in [1.29, 1.82) is 0 Å². The Balaban J connectivity index is 1.33. The Morgan fingerprint density at radius 1 is 0.946 bits per heavy atom. The molecule has 37 heavy (non-hydrogen) atoms. The summed E-state index contributed by atoms with van der Waals surface area (Å²) >= 11 is 9.35. The third kappa shape index (κ3) is 5.42. The number of aliphatic hydroxyl groups excluding tert-OH is 1. The Morgan fingerprint density at radius 2 is 1.54 bits per heavy atom. The molecule has 0 saturated heterocycles. The Kier molecular flexibility index (Phi) is 7.87. The van der Waals surface area contributed by atoms with Gasteiger partial charge >= 0.3 is 0 Å². The molecule has 1 N–H and O–H groups in total. The molecule has 1 unspecified atom stereocenters. The van der Waals surface area contributed by atoms with Gasteiger partial charge in [0.2, 0.25) is 0 Å². The minimum atomic E-state index is -2.53. The molecule has 3 aromatic carbocycles. The van der Waals surface area contributed by atoms with Crippen molar-refractivity contribution in [1.82, 2.24) is 0 Å². The highest BCUT2D eigenvalue weighted by Crippen LogP contribution is 2.45. The number of halogens is 1. The third-order valence-electron chi connectivity index (χ3n) is 6.94. The van der Waals surface area contributed by atoms with Crippen molar-refractivity contribution in [2.24, 2.45) is 0 Å². The maximum atomic E-state index is 10.6. The Bertz CT molecular complexity index is 1280. The van der Waals surface area contributed by atoms with Gasteiger partial charge in [-0.1, -0.05) is 105 Å². The second-order valence-corrected chi connectivity index (χ2v) is 17.7. The van der Waals surface area contributed by atoms with E-state index in [0.29, 0.717) is 13.2 Å². The molecular weight excluding hydrogens is 534 g/mol. The first-order valence-electron chi connectivity index (χ1n) is 12.5. The van der Waals surface area contributed by atoms with Gasteiger partial charge in [-0.3, -0.25) is 0 Å². The van der Waals surface area contributed by atoms with E-state index in [1.54, 1.807) is 11.9 Å². The number of thiophene rings is 1. The van der Waals surface area contributed by atoms with Crippen LogP contribution in [0.5, 0.6) is 0 Å². The van der Waals surface area contributed by atoms with E-state index in [1.807, 2.05) is 6.07 Å². The zero-order chi connectivity index (χ0) is 26.0. The van der Waals surface area contributed by atoms with E-state index in [2.05, 4.69) is 110 Å². The number of nitrogens with zero attached hydrogens (tertiary/aromatic N) is 1. The van der Waals surface area contributed by atoms with Gasteiger partial charge in [-0.2, -0.15) is 0 Å². The fraction of sp³-hybridized carbons (Fsp3) is 0.267. The average Bonchev–Trinajstić information content (AvgIpc) is 3.28. The van der Waals surface area contributed by atoms with E-state index in [1.165, 1.54) is 27.3 Å². The van der Waals surface area contributed by atoms with Crippen LogP contribution in [0.3, 0.4) is 0 Å². The van der Waals surface area contributed by atoms with E-state index >= 15 is 0 Å². The van der Waals surface area contributed by atoms with Gasteiger partial charge in [0.15, 0.2) is 0 Å². The maximum Gasteiger partial charge on any atom is 0.261 e. The molecule has 0 aliphatic carbocycles. The summed E-state index contributed by atoms with van der Waals surface area (Å²) < 4.78 is 11.0. The summed E-state index contributed by atoms with van der Waals surface area (Å²) in [6, 6.07) is 32.1. The van der Waals surface area contributed by atoms with E-state index in [0.717, 1.165) is 26.2 Å². The molecule has 3 nitrogen and oxygen atoms in total. The lowest BCUT2D eigenvalue weighted by atomic mass is 10.1. The van der Waals surface area contributed by atoms with Gasteiger partial charge in [0.25, 0.3) is 8.32 Å². The lowest BCUT2D eigenvalue weighted by Gasteiger charge is -2.43. The second kappa shape index (κ2) is 11.0. The predicted molar refractivity (Wildman–Crippen MR) is 161 cm³/mol. The third-order valence-corrected chi connectivity index (χ3v) is 14.5. The molecule has 0 fully saturated rings. The Hall–Kier alpha value is -2.06. The van der Waals surface area contributed by atoms with Crippen LogP contribution in [0.15, 0.2) is 95.2 Å². The summed E-state index contributed by atoms with van der Waals surface area (Å²) in [5.74, 6) is 0. The molecule has 1 aromatic heterocycles. The van der Waals surface area contributed by atoms with Gasteiger partial charge in [0.1, 0.15) is 0 Å². The Labute approximate surface area is 234 Å². The maximum absolute atomic E-state index is 10.6. The van der Waals surface area contributed by atoms with Crippen LogP contribution < -0.4 is 14.7 Å². The van der Waals surface area contributed by atoms with E-state index < -0.39 is 14.4 Å². The highest BCUT2D eigenvalue weighted by Gasteiger charge is 2.49. The molecule has 2 heterocycles. The number of β-amino-alcohol motifs (C(OH)–C–C–N with tert-alkyl or cyclic N) is 1. The van der Waals surface area contributed by atoms with Crippen LogP contribution >= 0.6 is 34.9 Å². The second-order valence-electron chi connectivity index (χ2n) is 10.4. The van der Waals surface area contributed by atoms with Crippen LogP contribution in [-0.2, 0) is 10.8 Å². The lowest BCUT2D eigenvalue weighted by Crippen LogP contribution is -2.66. The molecule has 0 amide bonds.